The fraction of sp³-hybridized carbons (Fsp3) is 0.368. The van der Waals surface area contributed by atoms with Crippen molar-refractivity contribution in [2.75, 3.05) is 0 Å². The molecule has 4 unspecified atom stereocenters. The first-order valence-electron chi connectivity index (χ1n) is 7.86. The smallest absolute Gasteiger partial charge is 0.0957 e. The van der Waals surface area contributed by atoms with Crippen molar-refractivity contribution < 1.29 is 10.2 Å². The van der Waals surface area contributed by atoms with E-state index in [4.69, 9.17) is 0 Å². The highest BCUT2D eigenvalue weighted by atomic mass is 16.3. The Balaban J connectivity index is 1.78. The van der Waals surface area contributed by atoms with E-state index in [2.05, 4.69) is 36.5 Å². The lowest BCUT2D eigenvalue weighted by Crippen LogP contribution is -2.42. The van der Waals surface area contributed by atoms with Gasteiger partial charge in [-0.2, -0.15) is 0 Å². The summed E-state index contributed by atoms with van der Waals surface area (Å²) in [4.78, 5) is 0. The molecule has 4 atom stereocenters. The van der Waals surface area contributed by atoms with E-state index in [-0.39, 0.29) is 12.0 Å². The van der Waals surface area contributed by atoms with Gasteiger partial charge < -0.3 is 15.5 Å². The molecule has 1 fully saturated rings. The average molecular weight is 297 g/mol. The summed E-state index contributed by atoms with van der Waals surface area (Å²) in [5.74, 6) is 0.134. The number of nitrogens with one attached hydrogen (secondary N) is 1. The Hall–Kier alpha value is -1.68. The Labute approximate surface area is 131 Å². The van der Waals surface area contributed by atoms with Crippen molar-refractivity contribution in [1.29, 1.82) is 0 Å². The van der Waals surface area contributed by atoms with E-state index >= 15 is 0 Å². The summed E-state index contributed by atoms with van der Waals surface area (Å²) in [6, 6.07) is 18.2. The zero-order valence-corrected chi connectivity index (χ0v) is 12.8. The topological polar surface area (TPSA) is 52.5 Å². The molecule has 0 aromatic heterocycles. The highest BCUT2D eigenvalue weighted by Crippen LogP contribution is 2.36. The van der Waals surface area contributed by atoms with E-state index < -0.39 is 12.2 Å². The van der Waals surface area contributed by atoms with Gasteiger partial charge in [0.05, 0.1) is 12.2 Å². The molecular formula is C19H23NO2. The largest absolute Gasteiger partial charge is 0.390 e. The van der Waals surface area contributed by atoms with Crippen LogP contribution in [0.5, 0.6) is 0 Å². The SMILES string of the molecule is Cc1ccccc1C1CC(O)C(O)C1NCc1ccccc1. The summed E-state index contributed by atoms with van der Waals surface area (Å²) >= 11 is 0. The molecule has 3 N–H and O–H groups in total. The number of hydrogen-bond donors (Lipinski definition) is 3. The Morgan fingerprint density at radius 1 is 1.00 bits per heavy atom. The molecule has 0 heterocycles. The molecule has 0 saturated heterocycles. The number of benzene rings is 2. The van der Waals surface area contributed by atoms with E-state index in [1.54, 1.807) is 0 Å². The molecule has 116 valence electrons. The summed E-state index contributed by atoms with van der Waals surface area (Å²) in [6.45, 7) is 2.78. The molecule has 3 rings (SSSR count). The first-order chi connectivity index (χ1) is 10.7. The minimum absolute atomic E-state index is 0.128. The molecule has 0 amide bonds. The van der Waals surface area contributed by atoms with Gasteiger partial charge >= 0.3 is 0 Å². The van der Waals surface area contributed by atoms with Gasteiger partial charge in [-0.1, -0.05) is 54.6 Å². The molecule has 2 aromatic carbocycles. The van der Waals surface area contributed by atoms with Crippen molar-refractivity contribution >= 4 is 0 Å². The highest BCUT2D eigenvalue weighted by Gasteiger charge is 2.42. The predicted octanol–water partition coefficient (Wildman–Crippen LogP) is 2.36. The zero-order valence-electron chi connectivity index (χ0n) is 12.8. The molecule has 1 aliphatic carbocycles. The molecule has 1 aliphatic rings. The lowest BCUT2D eigenvalue weighted by atomic mass is 9.90. The van der Waals surface area contributed by atoms with Crippen molar-refractivity contribution in [2.45, 2.75) is 44.1 Å². The lowest BCUT2D eigenvalue weighted by Gasteiger charge is -2.25. The minimum Gasteiger partial charge on any atom is -0.390 e. The first-order valence-corrected chi connectivity index (χ1v) is 7.86. The quantitative estimate of drug-likeness (QED) is 0.812. The van der Waals surface area contributed by atoms with Crippen LogP contribution in [-0.2, 0) is 6.54 Å². The van der Waals surface area contributed by atoms with Gasteiger partial charge in [0, 0.05) is 18.5 Å². The van der Waals surface area contributed by atoms with Crippen LogP contribution in [0.15, 0.2) is 54.6 Å². The summed E-state index contributed by atoms with van der Waals surface area (Å²) in [6.07, 6.45) is -0.801. The van der Waals surface area contributed by atoms with Gasteiger partial charge in [-0.15, -0.1) is 0 Å². The van der Waals surface area contributed by atoms with Crippen molar-refractivity contribution in [2.24, 2.45) is 0 Å². The van der Waals surface area contributed by atoms with Crippen LogP contribution in [0.1, 0.15) is 29.0 Å². The third-order valence-electron chi connectivity index (χ3n) is 4.66. The van der Waals surface area contributed by atoms with Gasteiger partial charge in [-0.3, -0.25) is 0 Å². The Kier molecular flexibility index (Phi) is 4.57. The second-order valence-electron chi connectivity index (χ2n) is 6.15. The molecule has 0 aliphatic heterocycles. The zero-order chi connectivity index (χ0) is 15.5. The maximum absolute atomic E-state index is 10.3. The molecule has 0 radical (unpaired) electrons. The standard InChI is InChI=1S/C19H23NO2/c1-13-7-5-6-10-15(13)16-11-17(21)19(22)18(16)20-12-14-8-3-2-4-9-14/h2-10,16-22H,11-12H2,1H3. The molecule has 1 saturated carbocycles. The molecule has 0 bridgehead atoms. The maximum Gasteiger partial charge on any atom is 0.0957 e. The van der Waals surface area contributed by atoms with Crippen molar-refractivity contribution in [1.82, 2.24) is 5.32 Å². The Bertz CT molecular complexity index is 614. The van der Waals surface area contributed by atoms with Crippen LogP contribution in [0.3, 0.4) is 0 Å². The third kappa shape index (κ3) is 3.07. The van der Waals surface area contributed by atoms with E-state index in [1.807, 2.05) is 30.3 Å². The first kappa shape index (κ1) is 15.2. The fourth-order valence-electron chi connectivity index (χ4n) is 3.44. The summed E-state index contributed by atoms with van der Waals surface area (Å²) in [7, 11) is 0. The summed E-state index contributed by atoms with van der Waals surface area (Å²) in [5, 5.41) is 23.9. The second kappa shape index (κ2) is 6.61. The van der Waals surface area contributed by atoms with Crippen LogP contribution in [0.4, 0.5) is 0 Å². The normalized spacial score (nSPS) is 28.0. The number of rotatable bonds is 4. The van der Waals surface area contributed by atoms with Crippen molar-refractivity contribution in [3.63, 3.8) is 0 Å². The molecule has 0 spiro atoms. The van der Waals surface area contributed by atoms with Gasteiger partial charge in [0.25, 0.3) is 0 Å². The maximum atomic E-state index is 10.3. The lowest BCUT2D eigenvalue weighted by molar-refractivity contribution is 0.0297. The fourth-order valence-corrected chi connectivity index (χ4v) is 3.44. The predicted molar refractivity (Wildman–Crippen MR) is 87.6 cm³/mol. The van der Waals surface area contributed by atoms with Crippen LogP contribution in [0.2, 0.25) is 0 Å². The highest BCUT2D eigenvalue weighted by molar-refractivity contribution is 5.32. The molecule has 3 heteroatoms. The Morgan fingerprint density at radius 3 is 2.41 bits per heavy atom. The molecular weight excluding hydrogens is 274 g/mol. The molecule has 2 aromatic rings. The van der Waals surface area contributed by atoms with E-state index in [0.29, 0.717) is 13.0 Å². The monoisotopic (exact) mass is 297 g/mol. The van der Waals surface area contributed by atoms with Crippen LogP contribution in [0, 0.1) is 6.92 Å². The summed E-state index contributed by atoms with van der Waals surface area (Å²) in [5.41, 5.74) is 3.60. The van der Waals surface area contributed by atoms with E-state index in [1.165, 1.54) is 16.7 Å². The number of aliphatic hydroxyl groups is 2. The van der Waals surface area contributed by atoms with Gasteiger partial charge in [-0.05, 0) is 30.0 Å². The van der Waals surface area contributed by atoms with Gasteiger partial charge in [0.2, 0.25) is 0 Å². The average Bonchev–Trinajstić information content (AvgIpc) is 2.82. The molecule has 3 nitrogen and oxygen atoms in total. The van der Waals surface area contributed by atoms with Crippen LogP contribution >= 0.6 is 0 Å². The minimum atomic E-state index is -0.728. The summed E-state index contributed by atoms with van der Waals surface area (Å²) < 4.78 is 0. The van der Waals surface area contributed by atoms with Gasteiger partial charge in [-0.25, -0.2) is 0 Å². The second-order valence-corrected chi connectivity index (χ2v) is 6.15. The number of hydrogen-bond acceptors (Lipinski definition) is 3. The van der Waals surface area contributed by atoms with Gasteiger partial charge in [0.15, 0.2) is 0 Å². The van der Waals surface area contributed by atoms with E-state index in [9.17, 15) is 10.2 Å². The van der Waals surface area contributed by atoms with Crippen LogP contribution in [-0.4, -0.2) is 28.5 Å². The Morgan fingerprint density at radius 2 is 1.68 bits per heavy atom. The number of aryl methyl sites for hydroxylation is 1. The van der Waals surface area contributed by atoms with Crippen molar-refractivity contribution in [3.8, 4) is 0 Å². The van der Waals surface area contributed by atoms with E-state index in [0.717, 1.165) is 0 Å². The number of aliphatic hydroxyl groups excluding tert-OH is 2. The third-order valence-corrected chi connectivity index (χ3v) is 4.66. The van der Waals surface area contributed by atoms with Crippen molar-refractivity contribution in [3.05, 3.63) is 71.3 Å². The molecule has 22 heavy (non-hydrogen) atoms. The van der Waals surface area contributed by atoms with Crippen LogP contribution < -0.4 is 5.32 Å². The van der Waals surface area contributed by atoms with Crippen LogP contribution in [0.25, 0.3) is 0 Å². The van der Waals surface area contributed by atoms with Gasteiger partial charge in [0.1, 0.15) is 0 Å².